The molecule has 1 unspecified atom stereocenters. The first kappa shape index (κ1) is 23.8. The minimum absolute atomic E-state index is 0.0978. The monoisotopic (exact) mass is 479 g/mol. The normalized spacial score (nSPS) is 16.3. The second kappa shape index (κ2) is 9.46. The maximum Gasteiger partial charge on any atom is 0.266 e. The number of benzene rings is 2. The summed E-state index contributed by atoms with van der Waals surface area (Å²) in [4.78, 5) is 28.1. The molecule has 1 atom stereocenters. The van der Waals surface area contributed by atoms with Crippen molar-refractivity contribution in [2.75, 3.05) is 19.3 Å². The van der Waals surface area contributed by atoms with Crippen LogP contribution < -0.4 is 4.72 Å². The van der Waals surface area contributed by atoms with E-state index in [1.165, 1.54) is 11.6 Å². The predicted octanol–water partition coefficient (Wildman–Crippen LogP) is 3.80. The van der Waals surface area contributed by atoms with Gasteiger partial charge in [-0.3, -0.25) is 9.59 Å². The molecule has 2 heterocycles. The Kier molecular flexibility index (Phi) is 6.61. The van der Waals surface area contributed by atoms with Crippen LogP contribution in [0, 0.1) is 13.8 Å². The van der Waals surface area contributed by atoms with E-state index in [1.807, 2.05) is 58.4 Å². The minimum atomic E-state index is -3.74. The van der Waals surface area contributed by atoms with Gasteiger partial charge >= 0.3 is 0 Å². The van der Waals surface area contributed by atoms with Crippen LogP contribution >= 0.6 is 0 Å². The van der Waals surface area contributed by atoms with Crippen LogP contribution in [0.5, 0.6) is 0 Å². The summed E-state index contributed by atoms with van der Waals surface area (Å²) >= 11 is 0. The van der Waals surface area contributed by atoms with Gasteiger partial charge in [0.25, 0.3) is 11.8 Å². The zero-order valence-corrected chi connectivity index (χ0v) is 20.4. The molecule has 0 bridgehead atoms. The van der Waals surface area contributed by atoms with Gasteiger partial charge in [0.2, 0.25) is 10.0 Å². The van der Waals surface area contributed by atoms with Gasteiger partial charge < -0.3 is 9.47 Å². The quantitative estimate of drug-likeness (QED) is 0.603. The number of hydrogen-bond acceptors (Lipinski definition) is 4. The Morgan fingerprint density at radius 1 is 0.971 bits per heavy atom. The molecule has 0 spiro atoms. The molecule has 1 aliphatic heterocycles. The van der Waals surface area contributed by atoms with Crippen LogP contribution in [0.25, 0.3) is 5.69 Å². The Labute approximate surface area is 200 Å². The van der Waals surface area contributed by atoms with Crippen LogP contribution in [-0.2, 0) is 10.0 Å². The second-order valence-electron chi connectivity index (χ2n) is 8.89. The fourth-order valence-electron chi connectivity index (χ4n) is 4.65. The molecule has 34 heavy (non-hydrogen) atoms. The van der Waals surface area contributed by atoms with Crippen molar-refractivity contribution in [2.45, 2.75) is 32.6 Å². The number of aromatic nitrogens is 1. The number of likely N-dealkylation sites (tertiary alicyclic amines) is 1. The zero-order chi connectivity index (χ0) is 24.5. The maximum atomic E-state index is 13.5. The standard InChI is InChI=1S/C26H29N3O4S/c1-18-11-12-19(2)29(18)24-16-21(13-14-23(24)25(30)27-34(3,32)33)26(31)28-15-7-10-22(17-28)20-8-5-4-6-9-20/h4-6,8-9,11-14,16,22H,7,10,15,17H2,1-3H3,(H,27,30). The highest BCUT2D eigenvalue weighted by molar-refractivity contribution is 7.89. The fraction of sp³-hybridized carbons (Fsp3) is 0.308. The third-order valence-electron chi connectivity index (χ3n) is 6.26. The van der Waals surface area contributed by atoms with Crippen LogP contribution in [0.1, 0.15) is 56.4 Å². The Morgan fingerprint density at radius 2 is 1.65 bits per heavy atom. The van der Waals surface area contributed by atoms with E-state index >= 15 is 0 Å². The molecule has 178 valence electrons. The Balaban J connectivity index is 1.69. The summed E-state index contributed by atoms with van der Waals surface area (Å²) in [6, 6.07) is 18.9. The lowest BCUT2D eigenvalue weighted by molar-refractivity contribution is 0.0706. The van der Waals surface area contributed by atoms with Gasteiger partial charge in [0.1, 0.15) is 0 Å². The van der Waals surface area contributed by atoms with Crippen molar-refractivity contribution in [3.8, 4) is 5.69 Å². The first-order chi connectivity index (χ1) is 16.1. The first-order valence-corrected chi connectivity index (χ1v) is 13.2. The van der Waals surface area contributed by atoms with Crippen molar-refractivity contribution < 1.29 is 18.0 Å². The van der Waals surface area contributed by atoms with Crippen molar-refractivity contribution in [2.24, 2.45) is 0 Å². The van der Waals surface area contributed by atoms with Gasteiger partial charge in [0, 0.05) is 36.0 Å². The average Bonchev–Trinajstić information content (AvgIpc) is 3.15. The number of aryl methyl sites for hydroxylation is 2. The molecular weight excluding hydrogens is 450 g/mol. The summed E-state index contributed by atoms with van der Waals surface area (Å²) < 4.78 is 27.2. The molecule has 1 saturated heterocycles. The van der Waals surface area contributed by atoms with Crippen molar-refractivity contribution in [1.29, 1.82) is 0 Å². The van der Waals surface area contributed by atoms with E-state index in [4.69, 9.17) is 0 Å². The van der Waals surface area contributed by atoms with Gasteiger partial charge in [-0.05, 0) is 62.6 Å². The van der Waals surface area contributed by atoms with Gasteiger partial charge in [0.15, 0.2) is 0 Å². The Bertz CT molecular complexity index is 1310. The van der Waals surface area contributed by atoms with Crippen LogP contribution in [0.3, 0.4) is 0 Å². The number of nitrogens with one attached hydrogen (secondary N) is 1. The van der Waals surface area contributed by atoms with Crippen molar-refractivity contribution in [1.82, 2.24) is 14.2 Å². The Hall–Kier alpha value is -3.39. The van der Waals surface area contributed by atoms with Crippen molar-refractivity contribution >= 4 is 21.8 Å². The van der Waals surface area contributed by atoms with E-state index in [1.54, 1.807) is 12.1 Å². The first-order valence-electron chi connectivity index (χ1n) is 11.3. The molecule has 0 aliphatic carbocycles. The lowest BCUT2D eigenvalue weighted by atomic mass is 9.90. The van der Waals surface area contributed by atoms with Gasteiger partial charge in [-0.2, -0.15) is 0 Å². The highest BCUT2D eigenvalue weighted by Gasteiger charge is 2.27. The number of piperidine rings is 1. The average molecular weight is 480 g/mol. The van der Waals surface area contributed by atoms with Crippen LogP contribution in [0.15, 0.2) is 60.7 Å². The number of rotatable bonds is 5. The van der Waals surface area contributed by atoms with E-state index in [2.05, 4.69) is 12.1 Å². The molecule has 0 radical (unpaired) electrons. The number of carbonyl (C=O) groups excluding carboxylic acids is 2. The van der Waals surface area contributed by atoms with Crippen LogP contribution in [0.4, 0.5) is 0 Å². The molecule has 1 fully saturated rings. The molecule has 4 rings (SSSR count). The molecule has 1 aliphatic rings. The third-order valence-corrected chi connectivity index (χ3v) is 6.82. The number of amides is 2. The van der Waals surface area contributed by atoms with E-state index in [9.17, 15) is 18.0 Å². The van der Waals surface area contributed by atoms with Crippen LogP contribution in [-0.4, -0.2) is 49.0 Å². The van der Waals surface area contributed by atoms with Gasteiger partial charge in [-0.15, -0.1) is 0 Å². The van der Waals surface area contributed by atoms with Gasteiger partial charge in [-0.25, -0.2) is 13.1 Å². The summed E-state index contributed by atoms with van der Waals surface area (Å²) in [6.07, 6.45) is 2.89. The third kappa shape index (κ3) is 5.07. The van der Waals surface area contributed by atoms with Gasteiger partial charge in [-0.1, -0.05) is 30.3 Å². The maximum absolute atomic E-state index is 13.5. The largest absolute Gasteiger partial charge is 0.338 e. The molecule has 3 aromatic rings. The van der Waals surface area contributed by atoms with Crippen molar-refractivity contribution in [3.63, 3.8) is 0 Å². The Morgan fingerprint density at radius 3 is 2.29 bits per heavy atom. The van der Waals surface area contributed by atoms with E-state index in [0.29, 0.717) is 24.3 Å². The number of hydrogen-bond donors (Lipinski definition) is 1. The summed E-state index contributed by atoms with van der Waals surface area (Å²) in [7, 11) is -3.74. The summed E-state index contributed by atoms with van der Waals surface area (Å²) in [5.74, 6) is -0.544. The second-order valence-corrected chi connectivity index (χ2v) is 10.6. The molecule has 8 heteroatoms. The SMILES string of the molecule is Cc1ccc(C)n1-c1cc(C(=O)N2CCCC(c3ccccc3)C2)ccc1C(=O)NS(C)(=O)=O. The molecule has 2 aromatic carbocycles. The molecular formula is C26H29N3O4S. The number of carbonyl (C=O) groups is 2. The molecule has 1 N–H and O–H groups in total. The minimum Gasteiger partial charge on any atom is -0.338 e. The van der Waals surface area contributed by atoms with Gasteiger partial charge in [0.05, 0.1) is 17.5 Å². The highest BCUT2D eigenvalue weighted by atomic mass is 32.2. The van der Waals surface area contributed by atoms with Crippen molar-refractivity contribution in [3.05, 3.63) is 88.7 Å². The number of nitrogens with zero attached hydrogens (tertiary/aromatic N) is 2. The molecule has 1 aromatic heterocycles. The summed E-state index contributed by atoms with van der Waals surface area (Å²) in [5, 5.41) is 0. The lowest BCUT2D eigenvalue weighted by Crippen LogP contribution is -2.39. The zero-order valence-electron chi connectivity index (χ0n) is 19.6. The van der Waals surface area contributed by atoms with E-state index < -0.39 is 15.9 Å². The molecule has 7 nitrogen and oxygen atoms in total. The fourth-order valence-corrected chi connectivity index (χ4v) is 5.10. The summed E-state index contributed by atoms with van der Waals surface area (Å²) in [5.41, 5.74) is 4.10. The number of sulfonamides is 1. The summed E-state index contributed by atoms with van der Waals surface area (Å²) in [6.45, 7) is 5.11. The van der Waals surface area contributed by atoms with Crippen LogP contribution in [0.2, 0.25) is 0 Å². The van der Waals surface area contributed by atoms with E-state index in [0.717, 1.165) is 30.5 Å². The molecule has 0 saturated carbocycles. The predicted molar refractivity (Wildman–Crippen MR) is 132 cm³/mol. The lowest BCUT2D eigenvalue weighted by Gasteiger charge is -2.33. The molecule has 2 amide bonds. The topological polar surface area (TPSA) is 88.5 Å². The highest BCUT2D eigenvalue weighted by Crippen LogP contribution is 2.29. The smallest absolute Gasteiger partial charge is 0.266 e. The van der Waals surface area contributed by atoms with E-state index in [-0.39, 0.29) is 17.4 Å².